The summed E-state index contributed by atoms with van der Waals surface area (Å²) in [6.45, 7) is 0. The number of fused-ring (bicyclic) bond motifs is 1. The molecule has 0 radical (unpaired) electrons. The first kappa shape index (κ1) is 12.5. The number of aromatic nitrogens is 2. The molecule has 0 spiro atoms. The van der Waals surface area contributed by atoms with Gasteiger partial charge < -0.3 is 15.1 Å². The van der Waals surface area contributed by atoms with Crippen molar-refractivity contribution in [2.75, 3.05) is 5.43 Å². The summed E-state index contributed by atoms with van der Waals surface area (Å²) in [6.07, 6.45) is 2.98. The number of rotatable bonds is 3. The highest BCUT2D eigenvalue weighted by Crippen LogP contribution is 2.36. The fraction of sp³-hybridized carbons (Fsp3) is 0.250. The number of pyridine rings is 2. The molecule has 2 aromatic rings. The van der Waals surface area contributed by atoms with E-state index < -0.39 is 17.2 Å². The number of anilines is 1. The minimum absolute atomic E-state index is 0.0618. The number of carboxylic acids is 1. The summed E-state index contributed by atoms with van der Waals surface area (Å²) < 4.78 is 15.3. The van der Waals surface area contributed by atoms with E-state index in [1.54, 1.807) is 4.57 Å². The Labute approximate surface area is 111 Å². The van der Waals surface area contributed by atoms with Crippen LogP contribution >= 0.6 is 0 Å². The SMILES string of the molecule is NNc1nc2c(cc1F)c(=O)c(C(=O)O)cn2C1CC1. The number of hydrogen-bond donors (Lipinski definition) is 3. The molecular weight excluding hydrogens is 267 g/mol. The number of carboxylic acid groups (broad SMARTS) is 1. The lowest BCUT2D eigenvalue weighted by molar-refractivity contribution is 0.0695. The largest absolute Gasteiger partial charge is 0.477 e. The number of nitrogen functional groups attached to an aromatic ring is 1. The van der Waals surface area contributed by atoms with E-state index in [4.69, 9.17) is 10.9 Å². The third-order valence-electron chi connectivity index (χ3n) is 3.27. The second-order valence-electron chi connectivity index (χ2n) is 4.65. The monoisotopic (exact) mass is 278 g/mol. The first-order valence-corrected chi connectivity index (χ1v) is 5.98. The molecule has 0 unspecified atom stereocenters. The number of carbonyl (C=O) groups is 1. The van der Waals surface area contributed by atoms with Crippen LogP contribution in [0.4, 0.5) is 10.2 Å². The van der Waals surface area contributed by atoms with Crippen LogP contribution in [0.1, 0.15) is 29.2 Å². The predicted molar refractivity (Wildman–Crippen MR) is 69.0 cm³/mol. The Morgan fingerprint density at radius 1 is 1.55 bits per heavy atom. The molecule has 2 heterocycles. The van der Waals surface area contributed by atoms with Crippen molar-refractivity contribution in [2.45, 2.75) is 18.9 Å². The van der Waals surface area contributed by atoms with Gasteiger partial charge in [0.2, 0.25) is 5.43 Å². The van der Waals surface area contributed by atoms with Crippen LogP contribution in [0.5, 0.6) is 0 Å². The minimum atomic E-state index is -1.34. The van der Waals surface area contributed by atoms with E-state index >= 15 is 0 Å². The van der Waals surface area contributed by atoms with E-state index in [1.807, 2.05) is 0 Å². The molecule has 8 heteroatoms. The lowest BCUT2D eigenvalue weighted by atomic mass is 10.2. The van der Waals surface area contributed by atoms with Crippen molar-refractivity contribution in [1.82, 2.24) is 9.55 Å². The Balaban J connectivity index is 2.42. The maximum Gasteiger partial charge on any atom is 0.341 e. The van der Waals surface area contributed by atoms with Gasteiger partial charge in [-0.25, -0.2) is 20.0 Å². The van der Waals surface area contributed by atoms with E-state index in [-0.39, 0.29) is 28.5 Å². The maximum absolute atomic E-state index is 13.7. The van der Waals surface area contributed by atoms with Gasteiger partial charge in [0.1, 0.15) is 11.2 Å². The number of nitrogens with zero attached hydrogens (tertiary/aromatic N) is 2. The lowest BCUT2D eigenvalue weighted by Crippen LogP contribution is -2.20. The molecule has 1 fully saturated rings. The zero-order valence-corrected chi connectivity index (χ0v) is 10.3. The highest BCUT2D eigenvalue weighted by Gasteiger charge is 2.28. The topological polar surface area (TPSA) is 110 Å². The van der Waals surface area contributed by atoms with Crippen molar-refractivity contribution in [3.05, 3.63) is 33.9 Å². The molecule has 104 valence electrons. The second kappa shape index (κ2) is 4.27. The molecule has 0 bridgehead atoms. The molecule has 1 aliphatic carbocycles. The molecule has 0 aromatic carbocycles. The maximum atomic E-state index is 13.7. The van der Waals surface area contributed by atoms with E-state index in [0.717, 1.165) is 18.9 Å². The predicted octanol–water partition coefficient (Wildman–Crippen LogP) is 0.854. The van der Waals surface area contributed by atoms with Crippen molar-refractivity contribution in [2.24, 2.45) is 5.84 Å². The van der Waals surface area contributed by atoms with E-state index in [1.165, 1.54) is 6.20 Å². The smallest absolute Gasteiger partial charge is 0.341 e. The number of nitrogens with one attached hydrogen (secondary N) is 1. The van der Waals surface area contributed by atoms with Gasteiger partial charge in [0.15, 0.2) is 11.6 Å². The van der Waals surface area contributed by atoms with Gasteiger partial charge in [-0.3, -0.25) is 4.79 Å². The zero-order chi connectivity index (χ0) is 14.4. The van der Waals surface area contributed by atoms with E-state index in [0.29, 0.717) is 0 Å². The van der Waals surface area contributed by atoms with Crippen LogP contribution in [0.3, 0.4) is 0 Å². The van der Waals surface area contributed by atoms with Crippen LogP contribution in [0, 0.1) is 5.82 Å². The lowest BCUT2D eigenvalue weighted by Gasteiger charge is -2.12. The van der Waals surface area contributed by atoms with Crippen molar-refractivity contribution < 1.29 is 14.3 Å². The standard InChI is InChI=1S/C12H11FN4O3/c13-8-3-6-9(18)7(12(19)20)4-17(5-1-2-5)11(6)15-10(8)16-14/h3-5H,1-2,14H2,(H,15,16)(H,19,20). The number of hydrazine groups is 1. The second-order valence-corrected chi connectivity index (χ2v) is 4.65. The van der Waals surface area contributed by atoms with Gasteiger partial charge in [0.05, 0.1) is 5.39 Å². The Bertz CT molecular complexity index is 782. The van der Waals surface area contributed by atoms with E-state index in [9.17, 15) is 14.0 Å². The molecule has 4 N–H and O–H groups in total. The summed E-state index contributed by atoms with van der Waals surface area (Å²) in [5, 5.41) is 9.00. The van der Waals surface area contributed by atoms with Crippen LogP contribution in [0.25, 0.3) is 11.0 Å². The van der Waals surface area contributed by atoms with Gasteiger partial charge in [-0.2, -0.15) is 0 Å². The fourth-order valence-corrected chi connectivity index (χ4v) is 2.13. The van der Waals surface area contributed by atoms with Crippen molar-refractivity contribution in [3.63, 3.8) is 0 Å². The molecule has 20 heavy (non-hydrogen) atoms. The number of halogens is 1. The first-order valence-electron chi connectivity index (χ1n) is 5.98. The van der Waals surface area contributed by atoms with Crippen LogP contribution in [-0.4, -0.2) is 20.6 Å². The van der Waals surface area contributed by atoms with Gasteiger partial charge in [-0.1, -0.05) is 0 Å². The van der Waals surface area contributed by atoms with Crippen molar-refractivity contribution >= 4 is 22.8 Å². The summed E-state index contributed by atoms with van der Waals surface area (Å²) in [6, 6.07) is 1.05. The highest BCUT2D eigenvalue weighted by molar-refractivity contribution is 5.92. The van der Waals surface area contributed by atoms with Crippen LogP contribution in [0.15, 0.2) is 17.1 Å². The molecule has 1 saturated carbocycles. The molecule has 0 amide bonds. The molecule has 1 aliphatic rings. The Morgan fingerprint density at radius 3 is 2.80 bits per heavy atom. The quantitative estimate of drug-likeness (QED) is 0.567. The number of hydrogen-bond acceptors (Lipinski definition) is 5. The zero-order valence-electron chi connectivity index (χ0n) is 10.3. The van der Waals surface area contributed by atoms with Gasteiger partial charge >= 0.3 is 5.97 Å². The van der Waals surface area contributed by atoms with Crippen LogP contribution in [0.2, 0.25) is 0 Å². The van der Waals surface area contributed by atoms with Gasteiger partial charge in [0, 0.05) is 12.2 Å². The summed E-state index contributed by atoms with van der Waals surface area (Å²) >= 11 is 0. The molecule has 0 aliphatic heterocycles. The minimum Gasteiger partial charge on any atom is -0.477 e. The Kier molecular flexibility index (Phi) is 2.68. The average molecular weight is 278 g/mol. The molecule has 3 rings (SSSR count). The summed E-state index contributed by atoms with van der Waals surface area (Å²) in [5.74, 6) is 2.84. The first-order chi connectivity index (χ1) is 9.52. The van der Waals surface area contributed by atoms with Gasteiger partial charge in [-0.15, -0.1) is 0 Å². The average Bonchev–Trinajstić information content (AvgIpc) is 3.23. The number of nitrogens with two attached hydrogens (primary N) is 1. The molecule has 0 saturated heterocycles. The Hall–Kier alpha value is -2.48. The van der Waals surface area contributed by atoms with E-state index in [2.05, 4.69) is 10.4 Å². The summed E-state index contributed by atoms with van der Waals surface area (Å²) in [5.41, 5.74) is 1.21. The summed E-state index contributed by atoms with van der Waals surface area (Å²) in [7, 11) is 0. The summed E-state index contributed by atoms with van der Waals surface area (Å²) in [4.78, 5) is 27.1. The number of aromatic carboxylic acids is 1. The third kappa shape index (κ3) is 1.81. The third-order valence-corrected chi connectivity index (χ3v) is 3.27. The molecule has 2 aromatic heterocycles. The van der Waals surface area contributed by atoms with Gasteiger partial charge in [0.25, 0.3) is 0 Å². The van der Waals surface area contributed by atoms with Gasteiger partial charge in [-0.05, 0) is 18.9 Å². The molecule has 0 atom stereocenters. The van der Waals surface area contributed by atoms with Crippen molar-refractivity contribution in [3.8, 4) is 0 Å². The fourth-order valence-electron chi connectivity index (χ4n) is 2.13. The molecular formula is C12H11FN4O3. The van der Waals surface area contributed by atoms with Crippen molar-refractivity contribution in [1.29, 1.82) is 0 Å². The highest BCUT2D eigenvalue weighted by atomic mass is 19.1. The molecule has 7 nitrogen and oxygen atoms in total. The van der Waals surface area contributed by atoms with Crippen LogP contribution in [-0.2, 0) is 0 Å². The normalized spacial score (nSPS) is 14.5. The van der Waals surface area contributed by atoms with Crippen LogP contribution < -0.4 is 16.7 Å². The Morgan fingerprint density at radius 2 is 2.25 bits per heavy atom.